The van der Waals surface area contributed by atoms with E-state index < -0.39 is 10.0 Å². The second kappa shape index (κ2) is 6.02. The number of phenols is 2. The van der Waals surface area contributed by atoms with E-state index >= 15 is 0 Å². The summed E-state index contributed by atoms with van der Waals surface area (Å²) in [7, 11) is -2.24. The molecule has 7 heteroatoms. The van der Waals surface area contributed by atoms with Gasteiger partial charge in [0, 0.05) is 12.1 Å². The predicted molar refractivity (Wildman–Crippen MR) is 79.8 cm³/mol. The minimum absolute atomic E-state index is 0.118. The maximum atomic E-state index is 11.9. The molecule has 112 valence electrons. The third-order valence-electron chi connectivity index (χ3n) is 3.01. The molecule has 0 saturated heterocycles. The number of nitrogens with one attached hydrogen (secondary N) is 2. The highest BCUT2D eigenvalue weighted by molar-refractivity contribution is 7.89. The lowest BCUT2D eigenvalue weighted by Gasteiger charge is -2.13. The van der Waals surface area contributed by atoms with Gasteiger partial charge in [0.2, 0.25) is 10.0 Å². The average Bonchev–Trinajstić information content (AvgIpc) is 2.49. The number of anilines is 1. The van der Waals surface area contributed by atoms with E-state index in [-0.39, 0.29) is 22.9 Å². The van der Waals surface area contributed by atoms with Crippen molar-refractivity contribution >= 4 is 15.7 Å². The van der Waals surface area contributed by atoms with Crippen molar-refractivity contribution in [3.8, 4) is 11.5 Å². The molecule has 0 amide bonds. The van der Waals surface area contributed by atoms with Crippen LogP contribution in [0.25, 0.3) is 0 Å². The molecule has 6 nitrogen and oxygen atoms in total. The minimum Gasteiger partial charge on any atom is -0.504 e. The number of hydrogen-bond acceptors (Lipinski definition) is 5. The Hall–Kier alpha value is -2.25. The molecule has 2 rings (SSSR count). The summed E-state index contributed by atoms with van der Waals surface area (Å²) >= 11 is 0. The fourth-order valence-electron chi connectivity index (χ4n) is 1.87. The zero-order chi connectivity index (χ0) is 15.5. The normalized spacial score (nSPS) is 11.3. The van der Waals surface area contributed by atoms with Crippen molar-refractivity contribution in [2.45, 2.75) is 11.4 Å². The molecule has 2 aromatic carbocycles. The highest BCUT2D eigenvalue weighted by Gasteiger charge is 2.16. The topological polar surface area (TPSA) is 98.7 Å². The van der Waals surface area contributed by atoms with Gasteiger partial charge in [-0.15, -0.1) is 0 Å². The van der Waals surface area contributed by atoms with Gasteiger partial charge < -0.3 is 15.5 Å². The van der Waals surface area contributed by atoms with Crippen molar-refractivity contribution in [2.75, 3.05) is 12.4 Å². The Bertz CT molecular complexity index is 744. The summed E-state index contributed by atoms with van der Waals surface area (Å²) in [6.07, 6.45) is 0. The van der Waals surface area contributed by atoms with Crippen LogP contribution in [0.3, 0.4) is 0 Å². The number of phenolic OH excluding ortho intramolecular Hbond substituents is 2. The van der Waals surface area contributed by atoms with Gasteiger partial charge >= 0.3 is 0 Å². The van der Waals surface area contributed by atoms with Crippen molar-refractivity contribution in [1.82, 2.24) is 4.72 Å². The zero-order valence-electron chi connectivity index (χ0n) is 11.4. The van der Waals surface area contributed by atoms with Crippen LogP contribution in [-0.2, 0) is 16.6 Å². The quantitative estimate of drug-likeness (QED) is 0.629. The second-order valence-electron chi connectivity index (χ2n) is 4.34. The Morgan fingerprint density at radius 1 is 1.05 bits per heavy atom. The van der Waals surface area contributed by atoms with Crippen LogP contribution in [0.4, 0.5) is 5.69 Å². The summed E-state index contributed by atoms with van der Waals surface area (Å²) in [6.45, 7) is 0.177. The van der Waals surface area contributed by atoms with E-state index in [0.29, 0.717) is 11.3 Å². The van der Waals surface area contributed by atoms with Crippen LogP contribution < -0.4 is 10.0 Å². The van der Waals surface area contributed by atoms with E-state index in [1.165, 1.54) is 19.2 Å². The van der Waals surface area contributed by atoms with Crippen LogP contribution >= 0.6 is 0 Å². The van der Waals surface area contributed by atoms with Gasteiger partial charge in [-0.1, -0.05) is 24.3 Å². The standard InChI is InChI=1S/C14H16N2O4S/c1-15-21(19,20)13-8-3-2-6-11(13)16-9-10-5-4-7-12(17)14(10)18/h2-8,15-18H,9H2,1H3. The van der Waals surface area contributed by atoms with Crippen molar-refractivity contribution in [3.05, 3.63) is 48.0 Å². The molecule has 4 N–H and O–H groups in total. The molecule has 21 heavy (non-hydrogen) atoms. The summed E-state index contributed by atoms with van der Waals surface area (Å²) < 4.78 is 26.1. The maximum absolute atomic E-state index is 11.9. The van der Waals surface area contributed by atoms with Gasteiger partial charge in [0.05, 0.1) is 5.69 Å². The first-order chi connectivity index (χ1) is 9.95. The molecule has 0 radical (unpaired) electrons. The Kier molecular flexibility index (Phi) is 4.35. The number of para-hydroxylation sites is 2. The molecule has 0 aliphatic rings. The minimum atomic E-state index is -3.58. The largest absolute Gasteiger partial charge is 0.504 e. The van der Waals surface area contributed by atoms with Gasteiger partial charge in [0.1, 0.15) is 4.90 Å². The molecule has 0 saturated carbocycles. The molecule has 0 atom stereocenters. The van der Waals surface area contributed by atoms with E-state index in [2.05, 4.69) is 10.0 Å². The molecule has 0 heterocycles. The first-order valence-electron chi connectivity index (χ1n) is 6.22. The Morgan fingerprint density at radius 3 is 2.48 bits per heavy atom. The molecule has 0 fully saturated rings. The lowest BCUT2D eigenvalue weighted by atomic mass is 10.2. The van der Waals surface area contributed by atoms with Crippen LogP contribution in [-0.4, -0.2) is 25.7 Å². The number of benzene rings is 2. The van der Waals surface area contributed by atoms with E-state index in [0.717, 1.165) is 0 Å². The van der Waals surface area contributed by atoms with E-state index in [9.17, 15) is 18.6 Å². The van der Waals surface area contributed by atoms with E-state index in [1.807, 2.05) is 0 Å². The average molecular weight is 308 g/mol. The maximum Gasteiger partial charge on any atom is 0.242 e. The number of sulfonamides is 1. The monoisotopic (exact) mass is 308 g/mol. The van der Waals surface area contributed by atoms with Crippen LogP contribution in [0, 0.1) is 0 Å². The Morgan fingerprint density at radius 2 is 1.76 bits per heavy atom. The van der Waals surface area contributed by atoms with Crippen molar-refractivity contribution in [2.24, 2.45) is 0 Å². The van der Waals surface area contributed by atoms with Crippen LogP contribution in [0.15, 0.2) is 47.4 Å². The van der Waals surface area contributed by atoms with Gasteiger partial charge in [-0.3, -0.25) is 0 Å². The van der Waals surface area contributed by atoms with Gasteiger partial charge in [0.25, 0.3) is 0 Å². The highest BCUT2D eigenvalue weighted by Crippen LogP contribution is 2.29. The summed E-state index contributed by atoms with van der Waals surface area (Å²) in [5.74, 6) is -0.440. The van der Waals surface area contributed by atoms with Crippen molar-refractivity contribution < 1.29 is 18.6 Å². The van der Waals surface area contributed by atoms with Crippen LogP contribution in [0.2, 0.25) is 0 Å². The molecule has 0 spiro atoms. The lowest BCUT2D eigenvalue weighted by Crippen LogP contribution is -2.20. The molecule has 2 aromatic rings. The Labute approximate surface area is 123 Å². The molecule has 0 bridgehead atoms. The fraction of sp³-hybridized carbons (Fsp3) is 0.143. The molecule has 0 aromatic heterocycles. The smallest absolute Gasteiger partial charge is 0.242 e. The van der Waals surface area contributed by atoms with Crippen molar-refractivity contribution in [1.29, 1.82) is 0 Å². The Balaban J connectivity index is 2.27. The summed E-state index contributed by atoms with van der Waals surface area (Å²) in [5, 5.41) is 22.1. The molecular weight excluding hydrogens is 292 g/mol. The summed E-state index contributed by atoms with van der Waals surface area (Å²) in [6, 6.07) is 11.1. The van der Waals surface area contributed by atoms with Gasteiger partial charge in [-0.2, -0.15) is 0 Å². The van der Waals surface area contributed by atoms with Gasteiger partial charge in [-0.05, 0) is 25.2 Å². The lowest BCUT2D eigenvalue weighted by molar-refractivity contribution is 0.400. The number of rotatable bonds is 5. The highest BCUT2D eigenvalue weighted by atomic mass is 32.2. The SMILES string of the molecule is CNS(=O)(=O)c1ccccc1NCc1cccc(O)c1O. The second-order valence-corrected chi connectivity index (χ2v) is 6.20. The van der Waals surface area contributed by atoms with E-state index in [1.54, 1.807) is 30.3 Å². The van der Waals surface area contributed by atoms with E-state index in [4.69, 9.17) is 0 Å². The molecule has 0 aliphatic carbocycles. The first-order valence-corrected chi connectivity index (χ1v) is 7.70. The summed E-state index contributed by atoms with van der Waals surface area (Å²) in [4.78, 5) is 0.118. The van der Waals surface area contributed by atoms with Crippen LogP contribution in [0.5, 0.6) is 11.5 Å². The van der Waals surface area contributed by atoms with Crippen LogP contribution in [0.1, 0.15) is 5.56 Å². The van der Waals surface area contributed by atoms with Crippen molar-refractivity contribution in [3.63, 3.8) is 0 Å². The zero-order valence-corrected chi connectivity index (χ0v) is 12.2. The van der Waals surface area contributed by atoms with Gasteiger partial charge in [0.15, 0.2) is 11.5 Å². The molecular formula is C14H16N2O4S. The number of aromatic hydroxyl groups is 2. The summed E-state index contributed by atoms with van der Waals surface area (Å²) in [5.41, 5.74) is 0.876. The number of hydrogen-bond donors (Lipinski definition) is 4. The third kappa shape index (κ3) is 3.26. The molecule has 0 unspecified atom stereocenters. The molecule has 0 aliphatic heterocycles. The predicted octanol–water partition coefficient (Wildman–Crippen LogP) is 1.62. The van der Waals surface area contributed by atoms with Gasteiger partial charge in [-0.25, -0.2) is 13.1 Å². The third-order valence-corrected chi connectivity index (χ3v) is 4.49. The fourth-order valence-corrected chi connectivity index (χ4v) is 2.78. The first kappa shape index (κ1) is 15.1.